The fourth-order valence-corrected chi connectivity index (χ4v) is 3.93. The van der Waals surface area contributed by atoms with Crippen LogP contribution < -0.4 is 10.5 Å². The van der Waals surface area contributed by atoms with Crippen molar-refractivity contribution in [2.45, 2.75) is 76.7 Å². The van der Waals surface area contributed by atoms with Crippen molar-refractivity contribution in [1.82, 2.24) is 0 Å². The highest BCUT2D eigenvalue weighted by atomic mass is 16.6. The third-order valence-electron chi connectivity index (χ3n) is 5.82. The average molecular weight is 484 g/mol. The summed E-state index contributed by atoms with van der Waals surface area (Å²) in [5.41, 5.74) is 4.51. The van der Waals surface area contributed by atoms with E-state index in [0.29, 0.717) is 25.1 Å². The molecule has 1 atom stereocenters. The van der Waals surface area contributed by atoms with Gasteiger partial charge in [-0.3, -0.25) is 0 Å². The summed E-state index contributed by atoms with van der Waals surface area (Å²) in [6, 6.07) is 15.7. The molecule has 7 nitrogen and oxygen atoms in total. The highest BCUT2D eigenvalue weighted by Crippen LogP contribution is 2.27. The third-order valence-corrected chi connectivity index (χ3v) is 5.82. The molecule has 0 bridgehead atoms. The number of benzene rings is 2. The molecule has 35 heavy (non-hydrogen) atoms. The van der Waals surface area contributed by atoms with Gasteiger partial charge in [0.2, 0.25) is 5.54 Å². The lowest BCUT2D eigenvalue weighted by atomic mass is 9.90. The number of ether oxygens (including phenoxy) is 4. The van der Waals surface area contributed by atoms with Crippen molar-refractivity contribution >= 4 is 11.9 Å². The van der Waals surface area contributed by atoms with Crippen LogP contribution in [0, 0.1) is 0 Å². The molecule has 1 saturated carbocycles. The van der Waals surface area contributed by atoms with Crippen molar-refractivity contribution in [3.05, 3.63) is 65.7 Å². The van der Waals surface area contributed by atoms with Crippen LogP contribution in [-0.4, -0.2) is 36.9 Å². The molecule has 2 aromatic carbocycles. The van der Waals surface area contributed by atoms with Crippen molar-refractivity contribution < 1.29 is 28.5 Å². The van der Waals surface area contributed by atoms with E-state index in [9.17, 15) is 9.59 Å². The molecule has 0 radical (unpaired) electrons. The van der Waals surface area contributed by atoms with Gasteiger partial charge >= 0.3 is 11.9 Å². The third kappa shape index (κ3) is 7.80. The van der Waals surface area contributed by atoms with Gasteiger partial charge in [-0.1, -0.05) is 61.7 Å². The summed E-state index contributed by atoms with van der Waals surface area (Å²) in [7, 11) is 0. The molecule has 1 fully saturated rings. The Morgan fingerprint density at radius 3 is 2.17 bits per heavy atom. The zero-order valence-corrected chi connectivity index (χ0v) is 21.0. The monoisotopic (exact) mass is 483 g/mol. The van der Waals surface area contributed by atoms with E-state index >= 15 is 0 Å². The van der Waals surface area contributed by atoms with Gasteiger partial charge in [-0.2, -0.15) is 0 Å². The van der Waals surface area contributed by atoms with Crippen LogP contribution in [0.4, 0.5) is 0 Å². The fourth-order valence-electron chi connectivity index (χ4n) is 3.93. The minimum atomic E-state index is -2.12. The molecule has 0 heterocycles. The Balaban J connectivity index is 1.66. The van der Waals surface area contributed by atoms with Crippen LogP contribution in [0.15, 0.2) is 54.6 Å². The van der Waals surface area contributed by atoms with Crippen molar-refractivity contribution in [1.29, 1.82) is 0 Å². The normalized spacial score (nSPS) is 16.2. The quantitative estimate of drug-likeness (QED) is 0.298. The molecule has 0 spiro atoms. The maximum atomic E-state index is 13.1. The highest BCUT2D eigenvalue weighted by molar-refractivity contribution is 6.05. The first-order chi connectivity index (χ1) is 16.7. The van der Waals surface area contributed by atoms with Gasteiger partial charge in [-0.25, -0.2) is 9.59 Å². The second-order valence-electron chi connectivity index (χ2n) is 9.88. The van der Waals surface area contributed by atoms with Crippen molar-refractivity contribution in [3.63, 3.8) is 0 Å². The van der Waals surface area contributed by atoms with Gasteiger partial charge in [-0.05, 0) is 56.9 Å². The fraction of sp³-hybridized carbons (Fsp3) is 0.500. The Kier molecular flexibility index (Phi) is 9.29. The topological polar surface area (TPSA) is 97.1 Å². The number of carbonyl (C=O) groups excluding carboxylic acids is 2. The van der Waals surface area contributed by atoms with Crippen molar-refractivity contribution in [2.75, 3.05) is 13.2 Å². The first-order valence-corrected chi connectivity index (χ1v) is 12.3. The van der Waals surface area contributed by atoms with E-state index in [1.165, 1.54) is 19.3 Å². The predicted octanol–water partition coefficient (Wildman–Crippen LogP) is 4.65. The second kappa shape index (κ2) is 12.2. The molecule has 1 aliphatic rings. The number of hydrogen-bond acceptors (Lipinski definition) is 7. The lowest BCUT2D eigenvalue weighted by molar-refractivity contribution is -0.173. The molecular formula is C28H37NO6. The average Bonchev–Trinajstić information content (AvgIpc) is 2.85. The van der Waals surface area contributed by atoms with Crippen LogP contribution in [0.1, 0.15) is 64.0 Å². The van der Waals surface area contributed by atoms with E-state index in [1.807, 2.05) is 30.3 Å². The lowest BCUT2D eigenvalue weighted by Gasteiger charge is -2.30. The standard InChI is InChI=1S/C28H37NO6/c1-27(2,3)35-26(31)28(29,25(30)34-20-21-10-6-4-7-11-21)22-14-16-24(17-15-22)33-19-18-32-23-12-8-5-9-13-23/h4,6-7,10-11,14-17,23H,5,8-9,12-13,18-20,29H2,1-3H3/t28-/m0/s1. The smallest absolute Gasteiger partial charge is 0.343 e. The summed E-state index contributed by atoms with van der Waals surface area (Å²) in [6.45, 7) is 6.06. The van der Waals surface area contributed by atoms with Gasteiger partial charge in [0.25, 0.3) is 0 Å². The van der Waals surface area contributed by atoms with Gasteiger partial charge in [0.1, 0.15) is 24.6 Å². The molecule has 0 unspecified atom stereocenters. The van der Waals surface area contributed by atoms with E-state index < -0.39 is 23.1 Å². The van der Waals surface area contributed by atoms with Crippen LogP contribution in [0.2, 0.25) is 0 Å². The van der Waals surface area contributed by atoms with Gasteiger partial charge in [0, 0.05) is 0 Å². The molecule has 1 aliphatic carbocycles. The first-order valence-electron chi connectivity index (χ1n) is 12.3. The van der Waals surface area contributed by atoms with Crippen LogP contribution in [0.5, 0.6) is 5.75 Å². The molecular weight excluding hydrogens is 446 g/mol. The second-order valence-corrected chi connectivity index (χ2v) is 9.88. The first kappa shape index (κ1) is 26.7. The zero-order chi connectivity index (χ0) is 25.3. The van der Waals surface area contributed by atoms with Gasteiger partial charge in [-0.15, -0.1) is 0 Å². The Hall–Kier alpha value is -2.90. The molecule has 0 amide bonds. The summed E-state index contributed by atoms with van der Waals surface area (Å²) in [5, 5.41) is 0. The number of esters is 2. The van der Waals surface area contributed by atoms with Gasteiger partial charge in [0.15, 0.2) is 0 Å². The van der Waals surface area contributed by atoms with E-state index in [1.54, 1.807) is 45.0 Å². The minimum Gasteiger partial charge on any atom is -0.491 e. The minimum absolute atomic E-state index is 0.0103. The number of rotatable bonds is 10. The van der Waals surface area contributed by atoms with Crippen LogP contribution in [-0.2, 0) is 35.9 Å². The van der Waals surface area contributed by atoms with Crippen LogP contribution in [0.3, 0.4) is 0 Å². The molecule has 0 saturated heterocycles. The highest BCUT2D eigenvalue weighted by Gasteiger charge is 2.48. The predicted molar refractivity (Wildman–Crippen MR) is 133 cm³/mol. The number of hydrogen-bond donors (Lipinski definition) is 1. The Morgan fingerprint density at radius 2 is 1.54 bits per heavy atom. The maximum Gasteiger partial charge on any atom is 0.343 e. The van der Waals surface area contributed by atoms with E-state index in [0.717, 1.165) is 18.4 Å². The van der Waals surface area contributed by atoms with E-state index in [4.69, 9.17) is 24.7 Å². The summed E-state index contributed by atoms with van der Waals surface area (Å²) in [4.78, 5) is 26.2. The summed E-state index contributed by atoms with van der Waals surface area (Å²) in [6.07, 6.45) is 6.27. The van der Waals surface area contributed by atoms with Crippen molar-refractivity contribution in [3.8, 4) is 5.75 Å². The van der Waals surface area contributed by atoms with Crippen LogP contribution in [0.25, 0.3) is 0 Å². The zero-order valence-electron chi connectivity index (χ0n) is 21.0. The van der Waals surface area contributed by atoms with Crippen LogP contribution >= 0.6 is 0 Å². The maximum absolute atomic E-state index is 13.1. The Morgan fingerprint density at radius 1 is 0.886 bits per heavy atom. The Bertz CT molecular complexity index is 948. The Labute approximate surface area is 207 Å². The van der Waals surface area contributed by atoms with E-state index in [2.05, 4.69) is 0 Å². The van der Waals surface area contributed by atoms with Crippen molar-refractivity contribution in [2.24, 2.45) is 5.73 Å². The molecule has 2 N–H and O–H groups in total. The summed E-state index contributed by atoms with van der Waals surface area (Å²) in [5.74, 6) is -1.17. The largest absolute Gasteiger partial charge is 0.491 e. The van der Waals surface area contributed by atoms with Gasteiger partial charge < -0.3 is 24.7 Å². The summed E-state index contributed by atoms with van der Waals surface area (Å²) >= 11 is 0. The molecule has 7 heteroatoms. The summed E-state index contributed by atoms with van der Waals surface area (Å²) < 4.78 is 22.6. The SMILES string of the molecule is CC(C)(C)OC(=O)[C@@](N)(C(=O)OCc1ccccc1)c1ccc(OCCOC2CCCCC2)cc1. The lowest BCUT2D eigenvalue weighted by Crippen LogP contribution is -2.55. The molecule has 0 aliphatic heterocycles. The number of carbonyl (C=O) groups is 2. The molecule has 0 aromatic heterocycles. The van der Waals surface area contributed by atoms with Gasteiger partial charge in [0.05, 0.1) is 12.7 Å². The molecule has 190 valence electrons. The molecule has 3 rings (SSSR count). The number of nitrogens with two attached hydrogens (primary N) is 1. The van der Waals surface area contributed by atoms with E-state index in [-0.39, 0.29) is 12.2 Å². The molecule has 2 aromatic rings.